The molecule has 23 heavy (non-hydrogen) atoms. The molecular weight excluding hydrogens is 387 g/mol. The Kier molecular flexibility index (Phi) is 4.08. The number of fused-ring (bicyclic) bond motifs is 1. The van der Waals surface area contributed by atoms with Crippen LogP contribution in [0.5, 0.6) is 0 Å². The second-order valence-electron chi connectivity index (χ2n) is 4.82. The molecule has 0 atom stereocenters. The van der Waals surface area contributed by atoms with Crippen LogP contribution in [0.1, 0.15) is 5.69 Å². The van der Waals surface area contributed by atoms with Gasteiger partial charge in [0.25, 0.3) is 5.56 Å². The van der Waals surface area contributed by atoms with Crippen molar-refractivity contribution in [3.05, 3.63) is 55.9 Å². The van der Waals surface area contributed by atoms with Gasteiger partial charge in [0, 0.05) is 18.6 Å². The first-order chi connectivity index (χ1) is 11.0. The Morgan fingerprint density at radius 3 is 2.83 bits per heavy atom. The maximum atomic E-state index is 13.9. The third kappa shape index (κ3) is 2.49. The van der Waals surface area contributed by atoms with Gasteiger partial charge in [-0.2, -0.15) is 0 Å². The van der Waals surface area contributed by atoms with E-state index in [4.69, 9.17) is 11.6 Å². The molecule has 0 saturated carbocycles. The summed E-state index contributed by atoms with van der Waals surface area (Å²) in [6, 6.07) is 4.71. The molecule has 0 bridgehead atoms. The van der Waals surface area contributed by atoms with E-state index in [-0.39, 0.29) is 20.8 Å². The van der Waals surface area contributed by atoms with E-state index >= 15 is 0 Å². The highest BCUT2D eigenvalue weighted by molar-refractivity contribution is 9.10. The molecule has 118 valence electrons. The van der Waals surface area contributed by atoms with Crippen LogP contribution in [0.15, 0.2) is 33.7 Å². The van der Waals surface area contributed by atoms with Gasteiger partial charge in [0.05, 0.1) is 17.1 Å². The molecule has 0 aliphatic heterocycles. The van der Waals surface area contributed by atoms with Crippen LogP contribution in [0, 0.1) is 12.7 Å². The van der Waals surface area contributed by atoms with Crippen LogP contribution >= 0.6 is 27.5 Å². The van der Waals surface area contributed by atoms with Crippen molar-refractivity contribution in [2.75, 3.05) is 12.4 Å². The molecule has 0 saturated heterocycles. The fourth-order valence-corrected chi connectivity index (χ4v) is 3.14. The first kappa shape index (κ1) is 15.9. The molecule has 1 N–H and O–H groups in total. The SMILES string of the molecule is CNc1c(Br)c(=O)n(-c2cccnc2C)c2nc(Cl)c(F)cc12. The third-order valence-corrected chi connectivity index (χ3v) is 4.48. The summed E-state index contributed by atoms with van der Waals surface area (Å²) in [5, 5.41) is 3.03. The van der Waals surface area contributed by atoms with Crippen LogP contribution < -0.4 is 10.9 Å². The lowest BCUT2D eigenvalue weighted by atomic mass is 10.2. The molecule has 3 rings (SSSR count). The van der Waals surface area contributed by atoms with Crippen molar-refractivity contribution in [1.29, 1.82) is 0 Å². The minimum atomic E-state index is -0.657. The standard InChI is InChI=1S/C15H11BrClFN4O/c1-7-10(4-3-5-20-7)22-14-8(6-9(18)13(17)21-14)12(19-2)11(16)15(22)23/h3-6,19H,1-2H3. The van der Waals surface area contributed by atoms with Gasteiger partial charge in [-0.05, 0) is 41.1 Å². The Morgan fingerprint density at radius 2 is 2.17 bits per heavy atom. The summed E-state index contributed by atoms with van der Waals surface area (Å²) in [5.74, 6) is -0.657. The molecule has 5 nitrogen and oxygen atoms in total. The number of hydrogen-bond acceptors (Lipinski definition) is 4. The van der Waals surface area contributed by atoms with Gasteiger partial charge in [0.2, 0.25) is 0 Å². The van der Waals surface area contributed by atoms with Crippen LogP contribution in [-0.4, -0.2) is 21.6 Å². The summed E-state index contributed by atoms with van der Waals surface area (Å²) in [4.78, 5) is 21.0. The third-order valence-electron chi connectivity index (χ3n) is 3.47. The zero-order valence-corrected chi connectivity index (χ0v) is 14.5. The van der Waals surface area contributed by atoms with Crippen molar-refractivity contribution in [3.8, 4) is 5.69 Å². The van der Waals surface area contributed by atoms with Gasteiger partial charge in [0.15, 0.2) is 16.6 Å². The largest absolute Gasteiger partial charge is 0.386 e. The van der Waals surface area contributed by atoms with E-state index in [2.05, 4.69) is 31.2 Å². The number of aromatic nitrogens is 3. The molecule has 0 radical (unpaired) electrons. The predicted molar refractivity (Wildman–Crippen MR) is 92.1 cm³/mol. The highest BCUT2D eigenvalue weighted by atomic mass is 79.9. The minimum absolute atomic E-state index is 0.255. The average Bonchev–Trinajstić information content (AvgIpc) is 2.53. The van der Waals surface area contributed by atoms with Gasteiger partial charge in [-0.3, -0.25) is 14.3 Å². The molecule has 3 heterocycles. The number of nitrogens with zero attached hydrogens (tertiary/aromatic N) is 3. The smallest absolute Gasteiger partial charge is 0.273 e. The molecule has 0 unspecified atom stereocenters. The van der Waals surface area contributed by atoms with Gasteiger partial charge in [-0.15, -0.1) is 0 Å². The molecular formula is C15H11BrClFN4O. The van der Waals surface area contributed by atoms with Crippen LogP contribution in [0.3, 0.4) is 0 Å². The van der Waals surface area contributed by atoms with Crippen molar-refractivity contribution in [2.45, 2.75) is 6.92 Å². The molecule has 0 fully saturated rings. The number of pyridine rings is 3. The fourth-order valence-electron chi connectivity index (χ4n) is 2.41. The van der Waals surface area contributed by atoms with E-state index in [0.29, 0.717) is 22.5 Å². The lowest BCUT2D eigenvalue weighted by molar-refractivity contribution is 0.624. The molecule has 8 heteroatoms. The molecule has 0 aliphatic carbocycles. The van der Waals surface area contributed by atoms with E-state index < -0.39 is 5.82 Å². The van der Waals surface area contributed by atoms with E-state index in [9.17, 15) is 9.18 Å². The lowest BCUT2D eigenvalue weighted by Gasteiger charge is -2.16. The number of nitrogens with one attached hydrogen (secondary N) is 1. The Morgan fingerprint density at radius 1 is 1.43 bits per heavy atom. The van der Waals surface area contributed by atoms with Gasteiger partial charge >= 0.3 is 0 Å². The quantitative estimate of drug-likeness (QED) is 0.670. The second kappa shape index (κ2) is 5.90. The van der Waals surface area contributed by atoms with E-state index in [1.165, 1.54) is 10.6 Å². The van der Waals surface area contributed by atoms with Gasteiger partial charge < -0.3 is 5.32 Å². The Balaban J connectivity index is 2.57. The maximum absolute atomic E-state index is 13.9. The number of hydrogen-bond donors (Lipinski definition) is 1. The van der Waals surface area contributed by atoms with Crippen molar-refractivity contribution in [3.63, 3.8) is 0 Å². The molecule has 0 spiro atoms. The van der Waals surface area contributed by atoms with E-state index in [1.54, 1.807) is 32.3 Å². The minimum Gasteiger partial charge on any atom is -0.386 e. The Bertz CT molecular complexity index is 989. The topological polar surface area (TPSA) is 59.8 Å². The fraction of sp³-hybridized carbons (Fsp3) is 0.133. The van der Waals surface area contributed by atoms with Crippen LogP contribution in [0.25, 0.3) is 16.7 Å². The molecule has 0 aromatic carbocycles. The van der Waals surface area contributed by atoms with Crippen molar-refractivity contribution >= 4 is 44.3 Å². The summed E-state index contributed by atoms with van der Waals surface area (Å²) in [7, 11) is 1.64. The second-order valence-corrected chi connectivity index (χ2v) is 5.97. The van der Waals surface area contributed by atoms with Crippen LogP contribution in [-0.2, 0) is 0 Å². The van der Waals surface area contributed by atoms with Crippen molar-refractivity contribution in [1.82, 2.24) is 14.5 Å². The van der Waals surface area contributed by atoms with Gasteiger partial charge in [0.1, 0.15) is 4.47 Å². The molecule has 0 amide bonds. The Labute approximate surface area is 144 Å². The molecule has 3 aromatic heterocycles. The number of anilines is 1. The number of aryl methyl sites for hydroxylation is 1. The summed E-state index contributed by atoms with van der Waals surface area (Å²) >= 11 is 9.10. The molecule has 0 aliphatic rings. The first-order valence-corrected chi connectivity index (χ1v) is 7.82. The summed E-state index contributed by atoms with van der Waals surface area (Å²) in [5.41, 5.74) is 1.56. The average molecular weight is 398 g/mol. The van der Waals surface area contributed by atoms with E-state index in [1.807, 2.05) is 0 Å². The van der Waals surface area contributed by atoms with Crippen molar-refractivity contribution < 1.29 is 4.39 Å². The zero-order chi connectivity index (χ0) is 16.7. The number of rotatable bonds is 2. The summed E-state index contributed by atoms with van der Waals surface area (Å²) < 4.78 is 15.5. The summed E-state index contributed by atoms with van der Waals surface area (Å²) in [6.07, 6.45) is 1.63. The normalized spacial score (nSPS) is 11.0. The predicted octanol–water partition coefficient (Wildman–Crippen LogP) is 3.69. The van der Waals surface area contributed by atoms with Gasteiger partial charge in [-0.25, -0.2) is 9.37 Å². The monoisotopic (exact) mass is 396 g/mol. The maximum Gasteiger partial charge on any atom is 0.273 e. The summed E-state index contributed by atoms with van der Waals surface area (Å²) in [6.45, 7) is 1.78. The lowest BCUT2D eigenvalue weighted by Crippen LogP contribution is -2.23. The van der Waals surface area contributed by atoms with Crippen LogP contribution in [0.4, 0.5) is 10.1 Å². The highest BCUT2D eigenvalue weighted by Crippen LogP contribution is 2.31. The van der Waals surface area contributed by atoms with E-state index in [0.717, 1.165) is 0 Å². The number of halogens is 3. The van der Waals surface area contributed by atoms with Crippen molar-refractivity contribution in [2.24, 2.45) is 0 Å². The highest BCUT2D eigenvalue weighted by Gasteiger charge is 2.19. The molecule has 3 aromatic rings. The Hall–Kier alpha value is -1.99. The van der Waals surface area contributed by atoms with Crippen LogP contribution in [0.2, 0.25) is 5.15 Å². The van der Waals surface area contributed by atoms with Gasteiger partial charge in [-0.1, -0.05) is 11.6 Å². The first-order valence-electron chi connectivity index (χ1n) is 6.65. The zero-order valence-electron chi connectivity index (χ0n) is 12.2.